The molecule has 0 aliphatic rings. The maximum atomic E-state index is 13.0. The summed E-state index contributed by atoms with van der Waals surface area (Å²) in [7, 11) is -3.74. The number of sulfonamides is 1. The summed E-state index contributed by atoms with van der Waals surface area (Å²) in [6.45, 7) is 9.16. The van der Waals surface area contributed by atoms with Gasteiger partial charge in [-0.25, -0.2) is 8.42 Å². The van der Waals surface area contributed by atoms with Crippen LogP contribution in [0.4, 0.5) is 5.69 Å². The minimum atomic E-state index is -3.74. The first-order chi connectivity index (χ1) is 12.2. The Balaban J connectivity index is 2.25. The summed E-state index contributed by atoms with van der Waals surface area (Å²) in [5.74, 6) is -0.349. The van der Waals surface area contributed by atoms with Crippen LogP contribution in [0.3, 0.4) is 0 Å². The number of likely N-dealkylation sites (N-methyl/N-ethyl adjacent to an activating group) is 1. The highest BCUT2D eigenvalue weighted by molar-refractivity contribution is 7.89. The molecule has 0 saturated carbocycles. The van der Waals surface area contributed by atoms with E-state index >= 15 is 0 Å². The molecular formula is C20H26N2O3S. The summed E-state index contributed by atoms with van der Waals surface area (Å²) >= 11 is 0. The van der Waals surface area contributed by atoms with E-state index in [4.69, 9.17) is 0 Å². The molecule has 0 spiro atoms. The number of carbonyl (C=O) groups is 1. The second-order valence-electron chi connectivity index (χ2n) is 6.52. The molecule has 0 saturated heterocycles. The molecule has 0 aromatic heterocycles. The van der Waals surface area contributed by atoms with E-state index in [-0.39, 0.29) is 23.9 Å². The van der Waals surface area contributed by atoms with E-state index in [1.807, 2.05) is 45.0 Å². The van der Waals surface area contributed by atoms with Crippen molar-refractivity contribution in [3.8, 4) is 0 Å². The Hall–Kier alpha value is -2.18. The highest BCUT2D eigenvalue weighted by Gasteiger charge is 2.27. The van der Waals surface area contributed by atoms with E-state index in [0.29, 0.717) is 5.56 Å². The minimum absolute atomic E-state index is 0.218. The lowest BCUT2D eigenvalue weighted by Gasteiger charge is -2.22. The lowest BCUT2D eigenvalue weighted by Crippen LogP contribution is -2.38. The standard InChI is InChI=1S/C20H26N2O3S/c1-6-22(26(24,25)18-12-14(2)10-11-15(18)3)13-19(23)21-20-16(4)8-7-9-17(20)5/h7-12H,6,13H2,1-5H3,(H,21,23). The summed E-state index contributed by atoms with van der Waals surface area (Å²) in [5, 5.41) is 2.85. The number of hydrogen-bond acceptors (Lipinski definition) is 3. The largest absolute Gasteiger partial charge is 0.324 e. The number of carbonyl (C=O) groups excluding carboxylic acids is 1. The molecule has 0 heterocycles. The number of aryl methyl sites for hydroxylation is 4. The van der Waals surface area contributed by atoms with Crippen LogP contribution in [-0.4, -0.2) is 31.7 Å². The van der Waals surface area contributed by atoms with Crippen molar-refractivity contribution in [2.75, 3.05) is 18.4 Å². The normalized spacial score (nSPS) is 11.6. The van der Waals surface area contributed by atoms with E-state index in [1.54, 1.807) is 26.0 Å². The lowest BCUT2D eigenvalue weighted by molar-refractivity contribution is -0.116. The Bertz CT molecular complexity index is 900. The van der Waals surface area contributed by atoms with Crippen molar-refractivity contribution in [2.24, 2.45) is 0 Å². The van der Waals surface area contributed by atoms with Gasteiger partial charge < -0.3 is 5.32 Å². The summed E-state index contributed by atoms with van der Waals surface area (Å²) in [5.41, 5.74) is 4.16. The number of benzene rings is 2. The summed E-state index contributed by atoms with van der Waals surface area (Å²) in [6.07, 6.45) is 0. The monoisotopic (exact) mass is 374 g/mol. The molecular weight excluding hydrogens is 348 g/mol. The molecule has 0 radical (unpaired) electrons. The molecule has 1 N–H and O–H groups in total. The SMILES string of the molecule is CCN(CC(=O)Nc1c(C)cccc1C)S(=O)(=O)c1cc(C)ccc1C. The first kappa shape index (κ1) is 20.1. The van der Waals surface area contributed by atoms with Gasteiger partial charge in [-0.1, -0.05) is 37.3 Å². The average Bonchev–Trinajstić information content (AvgIpc) is 2.58. The van der Waals surface area contributed by atoms with E-state index in [2.05, 4.69) is 5.32 Å². The summed E-state index contributed by atoms with van der Waals surface area (Å²) in [4.78, 5) is 12.7. The van der Waals surface area contributed by atoms with Crippen LogP contribution in [-0.2, 0) is 14.8 Å². The third kappa shape index (κ3) is 4.31. The Morgan fingerprint density at radius 1 is 1.00 bits per heavy atom. The van der Waals surface area contributed by atoms with Crippen LogP contribution in [0.2, 0.25) is 0 Å². The third-order valence-electron chi connectivity index (χ3n) is 4.38. The predicted molar refractivity (Wildman–Crippen MR) is 105 cm³/mol. The smallest absolute Gasteiger partial charge is 0.243 e. The van der Waals surface area contributed by atoms with Crippen molar-refractivity contribution in [1.29, 1.82) is 0 Å². The lowest BCUT2D eigenvalue weighted by atomic mass is 10.1. The zero-order valence-electron chi connectivity index (χ0n) is 16.0. The van der Waals surface area contributed by atoms with Crippen LogP contribution in [0.5, 0.6) is 0 Å². The topological polar surface area (TPSA) is 66.5 Å². The van der Waals surface area contributed by atoms with Crippen LogP contribution in [0.25, 0.3) is 0 Å². The summed E-state index contributed by atoms with van der Waals surface area (Å²) < 4.78 is 27.2. The first-order valence-corrected chi connectivity index (χ1v) is 10.0. The number of hydrogen-bond donors (Lipinski definition) is 1. The van der Waals surface area contributed by atoms with Crippen molar-refractivity contribution in [3.05, 3.63) is 58.7 Å². The highest BCUT2D eigenvalue weighted by Crippen LogP contribution is 2.22. The number of nitrogens with zero attached hydrogens (tertiary/aromatic N) is 1. The fourth-order valence-electron chi connectivity index (χ4n) is 2.84. The molecule has 2 rings (SSSR count). The Morgan fingerprint density at radius 2 is 1.62 bits per heavy atom. The molecule has 0 bridgehead atoms. The number of rotatable bonds is 6. The number of para-hydroxylation sites is 1. The van der Waals surface area contributed by atoms with Gasteiger partial charge in [0.2, 0.25) is 15.9 Å². The second-order valence-corrected chi connectivity index (χ2v) is 8.42. The van der Waals surface area contributed by atoms with Crippen molar-refractivity contribution in [3.63, 3.8) is 0 Å². The Morgan fingerprint density at radius 3 is 2.19 bits per heavy atom. The molecule has 0 fully saturated rings. The van der Waals surface area contributed by atoms with Gasteiger partial charge in [0.15, 0.2) is 0 Å². The van der Waals surface area contributed by atoms with E-state index < -0.39 is 10.0 Å². The molecule has 0 aliphatic carbocycles. The molecule has 0 aliphatic heterocycles. The third-order valence-corrected chi connectivity index (χ3v) is 6.44. The quantitative estimate of drug-likeness (QED) is 0.840. The van der Waals surface area contributed by atoms with Crippen LogP contribution in [0, 0.1) is 27.7 Å². The molecule has 0 unspecified atom stereocenters. The average molecular weight is 375 g/mol. The van der Waals surface area contributed by atoms with Gasteiger partial charge in [-0.05, 0) is 56.0 Å². The van der Waals surface area contributed by atoms with Gasteiger partial charge in [0.1, 0.15) is 0 Å². The van der Waals surface area contributed by atoms with Crippen molar-refractivity contribution in [2.45, 2.75) is 39.5 Å². The molecule has 140 valence electrons. The fraction of sp³-hybridized carbons (Fsp3) is 0.350. The highest BCUT2D eigenvalue weighted by atomic mass is 32.2. The van der Waals surface area contributed by atoms with Gasteiger partial charge >= 0.3 is 0 Å². The zero-order valence-corrected chi connectivity index (χ0v) is 16.8. The number of amides is 1. The van der Waals surface area contributed by atoms with Crippen LogP contribution >= 0.6 is 0 Å². The Kier molecular flexibility index (Phi) is 6.21. The van der Waals surface area contributed by atoms with Gasteiger partial charge in [0.25, 0.3) is 0 Å². The van der Waals surface area contributed by atoms with Crippen LogP contribution < -0.4 is 5.32 Å². The summed E-state index contributed by atoms with van der Waals surface area (Å²) in [6, 6.07) is 11.0. The first-order valence-electron chi connectivity index (χ1n) is 8.60. The van der Waals surface area contributed by atoms with Crippen LogP contribution in [0.15, 0.2) is 41.3 Å². The Labute approximate surface area is 156 Å². The van der Waals surface area contributed by atoms with Crippen molar-refractivity contribution >= 4 is 21.6 Å². The van der Waals surface area contributed by atoms with E-state index in [9.17, 15) is 13.2 Å². The van der Waals surface area contributed by atoms with Crippen molar-refractivity contribution in [1.82, 2.24) is 4.31 Å². The molecule has 0 atom stereocenters. The second kappa shape index (κ2) is 8.01. The van der Waals surface area contributed by atoms with E-state index in [0.717, 1.165) is 22.4 Å². The number of anilines is 1. The van der Waals surface area contributed by atoms with Gasteiger partial charge in [0, 0.05) is 12.2 Å². The van der Waals surface area contributed by atoms with E-state index in [1.165, 1.54) is 4.31 Å². The molecule has 2 aromatic carbocycles. The van der Waals surface area contributed by atoms with Crippen LogP contribution in [0.1, 0.15) is 29.2 Å². The molecule has 6 heteroatoms. The minimum Gasteiger partial charge on any atom is -0.324 e. The van der Waals surface area contributed by atoms with Gasteiger partial charge in [-0.15, -0.1) is 0 Å². The predicted octanol–water partition coefficient (Wildman–Crippen LogP) is 3.57. The maximum Gasteiger partial charge on any atom is 0.243 e. The van der Waals surface area contributed by atoms with Gasteiger partial charge in [0.05, 0.1) is 11.4 Å². The zero-order chi connectivity index (χ0) is 19.5. The van der Waals surface area contributed by atoms with Crippen molar-refractivity contribution < 1.29 is 13.2 Å². The number of nitrogens with one attached hydrogen (secondary N) is 1. The molecule has 5 nitrogen and oxygen atoms in total. The molecule has 26 heavy (non-hydrogen) atoms. The van der Waals surface area contributed by atoms with Gasteiger partial charge in [-0.3, -0.25) is 4.79 Å². The van der Waals surface area contributed by atoms with Gasteiger partial charge in [-0.2, -0.15) is 4.31 Å². The molecule has 2 aromatic rings. The fourth-order valence-corrected chi connectivity index (χ4v) is 4.56. The molecule has 1 amide bonds. The maximum absolute atomic E-state index is 13.0.